The summed E-state index contributed by atoms with van der Waals surface area (Å²) in [6.45, 7) is 0.178. The van der Waals surface area contributed by atoms with Gasteiger partial charge in [0.15, 0.2) is 0 Å². The van der Waals surface area contributed by atoms with E-state index in [9.17, 15) is 14.0 Å². The second-order valence-corrected chi connectivity index (χ2v) is 7.34. The highest BCUT2D eigenvalue weighted by Gasteiger charge is 2.28. The quantitative estimate of drug-likeness (QED) is 0.667. The molecule has 2 aromatic carbocycles. The first kappa shape index (κ1) is 20.5. The highest BCUT2D eigenvalue weighted by molar-refractivity contribution is 6.39. The zero-order valence-corrected chi connectivity index (χ0v) is 17.0. The van der Waals surface area contributed by atoms with Crippen LogP contribution >= 0.6 is 0 Å². The molecule has 7 nitrogen and oxygen atoms in total. The molecule has 1 aliphatic rings. The Labute approximate surface area is 179 Å². The number of nitrogens with one attached hydrogen (secondary N) is 1. The summed E-state index contributed by atoms with van der Waals surface area (Å²) in [5.41, 5.74) is 1.90. The van der Waals surface area contributed by atoms with E-state index in [2.05, 4.69) is 15.4 Å². The van der Waals surface area contributed by atoms with Crippen molar-refractivity contribution in [2.45, 2.75) is 25.4 Å². The Kier molecular flexibility index (Phi) is 5.88. The molecular formula is C23H22FN5O2. The first-order chi connectivity index (χ1) is 15.0. The summed E-state index contributed by atoms with van der Waals surface area (Å²) in [5, 5.41) is 8.58. The molecule has 2 heterocycles. The Bertz CT molecular complexity index is 1110. The third-order valence-electron chi connectivity index (χ3n) is 5.14. The second-order valence-electron chi connectivity index (χ2n) is 7.34. The van der Waals surface area contributed by atoms with Crippen LogP contribution in [0.4, 0.5) is 4.39 Å². The van der Waals surface area contributed by atoms with Crippen LogP contribution in [0.2, 0.25) is 0 Å². The van der Waals surface area contributed by atoms with Crippen LogP contribution in [-0.2, 0) is 23.2 Å². The normalized spacial score (nSPS) is 14.8. The molecule has 0 radical (unpaired) electrons. The van der Waals surface area contributed by atoms with Crippen molar-refractivity contribution in [1.82, 2.24) is 19.9 Å². The van der Waals surface area contributed by atoms with Gasteiger partial charge >= 0.3 is 0 Å². The van der Waals surface area contributed by atoms with E-state index >= 15 is 0 Å². The van der Waals surface area contributed by atoms with Crippen LogP contribution in [0.25, 0.3) is 0 Å². The summed E-state index contributed by atoms with van der Waals surface area (Å²) in [4.78, 5) is 29.8. The molecule has 1 unspecified atom stereocenters. The maximum atomic E-state index is 13.1. The number of rotatable bonds is 6. The molecule has 1 N–H and O–H groups in total. The summed E-state index contributed by atoms with van der Waals surface area (Å²) < 4.78 is 15.0. The summed E-state index contributed by atoms with van der Waals surface area (Å²) >= 11 is 0. The third kappa shape index (κ3) is 4.69. The maximum Gasteiger partial charge on any atom is 0.268 e. The van der Waals surface area contributed by atoms with Gasteiger partial charge < -0.3 is 9.88 Å². The van der Waals surface area contributed by atoms with Gasteiger partial charge in [0.25, 0.3) is 5.91 Å². The number of hydrazone groups is 1. The molecule has 0 saturated carbocycles. The van der Waals surface area contributed by atoms with E-state index in [4.69, 9.17) is 0 Å². The Morgan fingerprint density at radius 3 is 2.55 bits per heavy atom. The molecule has 3 aromatic rings. The van der Waals surface area contributed by atoms with Crippen molar-refractivity contribution in [2.24, 2.45) is 12.1 Å². The highest BCUT2D eigenvalue weighted by atomic mass is 19.1. The lowest BCUT2D eigenvalue weighted by molar-refractivity contribution is -0.132. The lowest BCUT2D eigenvalue weighted by Gasteiger charge is -2.25. The fraction of sp³-hybridized carbons (Fsp3) is 0.217. The van der Waals surface area contributed by atoms with Gasteiger partial charge in [0.1, 0.15) is 23.4 Å². The zero-order chi connectivity index (χ0) is 21.8. The number of amides is 2. The number of imidazole rings is 1. The van der Waals surface area contributed by atoms with Crippen molar-refractivity contribution < 1.29 is 14.0 Å². The van der Waals surface area contributed by atoms with Crippen LogP contribution in [0, 0.1) is 5.82 Å². The fourth-order valence-corrected chi connectivity index (χ4v) is 3.46. The standard InChI is InChI=1S/C23H22FN5O2/c1-28-14-13-25-22(28)21(17-5-3-2-4-6-17)26-23(31)19-11-12-20(30)29(27-19)15-16-7-9-18(24)10-8-16/h2-10,13-14,21H,11-12,15H2,1H3,(H,26,31). The molecule has 31 heavy (non-hydrogen) atoms. The molecule has 4 rings (SSSR count). The van der Waals surface area contributed by atoms with Crippen molar-refractivity contribution in [3.8, 4) is 0 Å². The molecule has 0 fully saturated rings. The van der Waals surface area contributed by atoms with Crippen molar-refractivity contribution in [1.29, 1.82) is 0 Å². The van der Waals surface area contributed by atoms with Gasteiger partial charge in [-0.15, -0.1) is 0 Å². The SMILES string of the molecule is Cn1ccnc1C(NC(=O)C1=NN(Cc2ccc(F)cc2)C(=O)CC1)c1ccccc1. The number of carbonyl (C=O) groups excluding carboxylic acids is 2. The predicted molar refractivity (Wildman–Crippen MR) is 113 cm³/mol. The lowest BCUT2D eigenvalue weighted by Crippen LogP contribution is -2.40. The Hall–Kier alpha value is -3.81. The minimum Gasteiger partial charge on any atom is -0.337 e. The Balaban J connectivity index is 1.56. The molecule has 1 aliphatic heterocycles. The van der Waals surface area contributed by atoms with Gasteiger partial charge in [-0.3, -0.25) is 9.59 Å². The monoisotopic (exact) mass is 419 g/mol. The Morgan fingerprint density at radius 2 is 1.87 bits per heavy atom. The molecule has 158 valence electrons. The van der Waals surface area contributed by atoms with Crippen LogP contribution in [0.3, 0.4) is 0 Å². The minimum absolute atomic E-state index is 0.176. The molecular weight excluding hydrogens is 397 g/mol. The summed E-state index contributed by atoms with van der Waals surface area (Å²) in [7, 11) is 1.87. The topological polar surface area (TPSA) is 79.6 Å². The van der Waals surface area contributed by atoms with Gasteiger partial charge in [0, 0.05) is 32.3 Å². The van der Waals surface area contributed by atoms with Gasteiger partial charge in [0.2, 0.25) is 5.91 Å². The van der Waals surface area contributed by atoms with Crippen molar-refractivity contribution in [3.63, 3.8) is 0 Å². The van der Waals surface area contributed by atoms with Crippen LogP contribution in [0.5, 0.6) is 0 Å². The van der Waals surface area contributed by atoms with Crippen molar-refractivity contribution in [3.05, 3.63) is 89.8 Å². The molecule has 0 bridgehead atoms. The molecule has 2 amide bonds. The number of benzene rings is 2. The average Bonchev–Trinajstić information content (AvgIpc) is 3.21. The number of aryl methyl sites for hydroxylation is 1. The molecule has 1 atom stereocenters. The number of hydrogen-bond donors (Lipinski definition) is 1. The summed E-state index contributed by atoms with van der Waals surface area (Å²) in [6, 6.07) is 15.0. The van der Waals surface area contributed by atoms with E-state index in [0.717, 1.165) is 11.1 Å². The maximum absolute atomic E-state index is 13.1. The van der Waals surface area contributed by atoms with Gasteiger partial charge in [-0.1, -0.05) is 42.5 Å². The van der Waals surface area contributed by atoms with E-state index in [1.165, 1.54) is 17.1 Å². The van der Waals surface area contributed by atoms with E-state index < -0.39 is 6.04 Å². The van der Waals surface area contributed by atoms with Crippen LogP contribution in [0.1, 0.15) is 35.8 Å². The lowest BCUT2D eigenvalue weighted by atomic mass is 10.0. The summed E-state index contributed by atoms with van der Waals surface area (Å²) in [6.07, 6.45) is 3.94. The van der Waals surface area contributed by atoms with Crippen LogP contribution < -0.4 is 5.32 Å². The average molecular weight is 419 g/mol. The van der Waals surface area contributed by atoms with Crippen molar-refractivity contribution in [2.75, 3.05) is 0 Å². The van der Waals surface area contributed by atoms with E-state index in [1.54, 1.807) is 18.3 Å². The predicted octanol–water partition coefficient (Wildman–Crippen LogP) is 2.94. The van der Waals surface area contributed by atoms with Crippen molar-refractivity contribution >= 4 is 17.5 Å². The smallest absolute Gasteiger partial charge is 0.268 e. The van der Waals surface area contributed by atoms with E-state index in [1.807, 2.05) is 48.1 Å². The number of nitrogens with zero attached hydrogens (tertiary/aromatic N) is 4. The van der Waals surface area contributed by atoms with Gasteiger partial charge in [-0.25, -0.2) is 14.4 Å². The van der Waals surface area contributed by atoms with E-state index in [-0.39, 0.29) is 42.7 Å². The number of carbonyl (C=O) groups is 2. The first-order valence-corrected chi connectivity index (χ1v) is 9.96. The second kappa shape index (κ2) is 8.91. The number of halogens is 1. The molecule has 0 saturated heterocycles. The number of hydrogen-bond acceptors (Lipinski definition) is 4. The summed E-state index contributed by atoms with van der Waals surface area (Å²) in [5.74, 6) is -0.188. The highest BCUT2D eigenvalue weighted by Crippen LogP contribution is 2.21. The number of aromatic nitrogens is 2. The fourth-order valence-electron chi connectivity index (χ4n) is 3.46. The first-order valence-electron chi connectivity index (χ1n) is 9.96. The third-order valence-corrected chi connectivity index (χ3v) is 5.14. The largest absolute Gasteiger partial charge is 0.337 e. The van der Waals surface area contributed by atoms with E-state index in [0.29, 0.717) is 5.82 Å². The van der Waals surface area contributed by atoms with Crippen LogP contribution in [0.15, 0.2) is 72.1 Å². The van der Waals surface area contributed by atoms with Gasteiger partial charge in [0.05, 0.1) is 6.54 Å². The minimum atomic E-state index is -0.459. The molecule has 8 heteroatoms. The molecule has 1 aromatic heterocycles. The van der Waals surface area contributed by atoms with Crippen LogP contribution in [-0.4, -0.2) is 32.1 Å². The zero-order valence-electron chi connectivity index (χ0n) is 17.0. The molecule has 0 aliphatic carbocycles. The van der Waals surface area contributed by atoms with Gasteiger partial charge in [-0.05, 0) is 23.3 Å². The van der Waals surface area contributed by atoms with Gasteiger partial charge in [-0.2, -0.15) is 5.10 Å². The molecule has 0 spiro atoms. The Morgan fingerprint density at radius 1 is 1.13 bits per heavy atom.